The van der Waals surface area contributed by atoms with E-state index in [0.29, 0.717) is 12.2 Å². The van der Waals surface area contributed by atoms with Gasteiger partial charge in [-0.3, -0.25) is 9.00 Å². The van der Waals surface area contributed by atoms with E-state index in [4.69, 9.17) is 0 Å². The Morgan fingerprint density at radius 2 is 2.09 bits per heavy atom. The number of nitrogens with one attached hydrogen (secondary N) is 1. The highest BCUT2D eigenvalue weighted by molar-refractivity contribution is 7.85. The van der Waals surface area contributed by atoms with Crippen LogP contribution < -0.4 is 5.32 Å². The molecular formula is C16H19FN2O2S2. The summed E-state index contributed by atoms with van der Waals surface area (Å²) in [6.45, 7) is 4.22. The third kappa shape index (κ3) is 4.94. The first-order valence-electron chi connectivity index (χ1n) is 7.36. The number of carbonyl (C=O) groups excluding carboxylic acids is 1. The molecule has 4 nitrogen and oxygen atoms in total. The number of benzene rings is 1. The molecule has 0 unspecified atom stereocenters. The molecule has 0 saturated carbocycles. The number of hydrogen-bond acceptors (Lipinski definition) is 4. The van der Waals surface area contributed by atoms with Crippen molar-refractivity contribution in [1.29, 1.82) is 0 Å². The highest BCUT2D eigenvalue weighted by atomic mass is 32.2. The molecule has 1 N–H and O–H groups in total. The van der Waals surface area contributed by atoms with Crippen molar-refractivity contribution in [3.63, 3.8) is 0 Å². The summed E-state index contributed by atoms with van der Waals surface area (Å²) in [4.78, 5) is 16.3. The minimum atomic E-state index is -1.32. The number of carbonyl (C=O) groups is 1. The van der Waals surface area contributed by atoms with Gasteiger partial charge >= 0.3 is 0 Å². The van der Waals surface area contributed by atoms with Crippen LogP contribution in [0.3, 0.4) is 0 Å². The first-order chi connectivity index (χ1) is 11.0. The van der Waals surface area contributed by atoms with Gasteiger partial charge in [0, 0.05) is 28.3 Å². The van der Waals surface area contributed by atoms with Crippen LogP contribution in [0.15, 0.2) is 29.6 Å². The molecule has 0 bridgehead atoms. The van der Waals surface area contributed by atoms with Crippen molar-refractivity contribution in [2.24, 2.45) is 0 Å². The Kier molecular flexibility index (Phi) is 6.41. The maximum absolute atomic E-state index is 12.9. The van der Waals surface area contributed by atoms with Gasteiger partial charge in [0.15, 0.2) is 0 Å². The third-order valence-electron chi connectivity index (χ3n) is 3.25. The lowest BCUT2D eigenvalue weighted by molar-refractivity contribution is -0.120. The summed E-state index contributed by atoms with van der Waals surface area (Å²) in [5, 5.41) is 4.75. The van der Waals surface area contributed by atoms with E-state index in [-0.39, 0.29) is 17.5 Å². The van der Waals surface area contributed by atoms with Crippen LogP contribution in [0.5, 0.6) is 0 Å². The smallest absolute Gasteiger partial charge is 0.235 e. The van der Waals surface area contributed by atoms with E-state index >= 15 is 0 Å². The summed E-state index contributed by atoms with van der Waals surface area (Å²) < 4.78 is 25.2. The average molecular weight is 354 g/mol. The lowest BCUT2D eigenvalue weighted by Gasteiger charge is -2.10. The quantitative estimate of drug-likeness (QED) is 0.831. The molecule has 0 saturated heterocycles. The van der Waals surface area contributed by atoms with Gasteiger partial charge in [0.1, 0.15) is 16.1 Å². The normalized spacial score (nSPS) is 13.5. The molecule has 1 heterocycles. The van der Waals surface area contributed by atoms with E-state index in [2.05, 4.69) is 10.3 Å². The van der Waals surface area contributed by atoms with Crippen LogP contribution in [0.2, 0.25) is 0 Å². The van der Waals surface area contributed by atoms with Crippen LogP contribution in [-0.2, 0) is 21.3 Å². The summed E-state index contributed by atoms with van der Waals surface area (Å²) in [5.41, 5.74) is 1.50. The second kappa shape index (κ2) is 8.31. The van der Waals surface area contributed by atoms with Crippen molar-refractivity contribution in [3.8, 4) is 10.6 Å². The largest absolute Gasteiger partial charge is 0.355 e. The molecule has 0 spiro atoms. The molecule has 2 atom stereocenters. The van der Waals surface area contributed by atoms with E-state index in [1.54, 1.807) is 19.1 Å². The monoisotopic (exact) mass is 354 g/mol. The molecule has 1 aromatic heterocycles. The summed E-state index contributed by atoms with van der Waals surface area (Å²) in [5.74, 6) is -0.254. The second-order valence-corrected chi connectivity index (χ2v) is 7.72. The number of amides is 1. The van der Waals surface area contributed by atoms with Crippen LogP contribution >= 0.6 is 11.3 Å². The third-order valence-corrected chi connectivity index (χ3v) is 5.77. The van der Waals surface area contributed by atoms with Gasteiger partial charge in [-0.2, -0.15) is 0 Å². The number of hydrogen-bond donors (Lipinski definition) is 1. The number of nitrogens with zero attached hydrogens (tertiary/aromatic N) is 1. The van der Waals surface area contributed by atoms with Crippen molar-refractivity contribution < 1.29 is 13.4 Å². The Morgan fingerprint density at radius 1 is 1.39 bits per heavy atom. The fraction of sp³-hybridized carbons (Fsp3) is 0.375. The first kappa shape index (κ1) is 17.7. The molecule has 0 aliphatic rings. The molecule has 1 aromatic carbocycles. The minimum Gasteiger partial charge on any atom is -0.355 e. The summed E-state index contributed by atoms with van der Waals surface area (Å²) >= 11 is 1.42. The van der Waals surface area contributed by atoms with Crippen molar-refractivity contribution in [3.05, 3.63) is 41.2 Å². The van der Waals surface area contributed by atoms with E-state index in [1.807, 2.05) is 12.3 Å². The zero-order chi connectivity index (χ0) is 16.8. The van der Waals surface area contributed by atoms with Crippen LogP contribution in [0.25, 0.3) is 10.6 Å². The molecular weight excluding hydrogens is 335 g/mol. The van der Waals surface area contributed by atoms with Crippen molar-refractivity contribution in [2.45, 2.75) is 31.3 Å². The molecule has 0 fully saturated rings. The maximum Gasteiger partial charge on any atom is 0.235 e. The number of rotatable bonds is 7. The van der Waals surface area contributed by atoms with E-state index in [9.17, 15) is 13.4 Å². The Bertz CT molecular complexity index is 686. The fourth-order valence-corrected chi connectivity index (χ4v) is 3.82. The van der Waals surface area contributed by atoms with E-state index in [1.165, 1.54) is 23.5 Å². The molecule has 0 aliphatic carbocycles. The van der Waals surface area contributed by atoms with E-state index in [0.717, 1.165) is 17.0 Å². The maximum atomic E-state index is 12.9. The molecule has 0 radical (unpaired) electrons. The number of halogens is 1. The summed E-state index contributed by atoms with van der Waals surface area (Å²) in [6.07, 6.45) is 0.845. The van der Waals surface area contributed by atoms with Crippen LogP contribution in [0, 0.1) is 5.82 Å². The predicted molar refractivity (Wildman–Crippen MR) is 92.1 cm³/mol. The Balaban J connectivity index is 1.99. The van der Waals surface area contributed by atoms with Gasteiger partial charge in [-0.05, 0) is 37.6 Å². The van der Waals surface area contributed by atoms with Crippen molar-refractivity contribution in [2.75, 3.05) is 6.54 Å². The number of thiazole rings is 1. The highest BCUT2D eigenvalue weighted by Crippen LogP contribution is 2.24. The van der Waals surface area contributed by atoms with Gasteiger partial charge in [-0.1, -0.05) is 6.92 Å². The topological polar surface area (TPSA) is 59.1 Å². The van der Waals surface area contributed by atoms with E-state index < -0.39 is 16.0 Å². The average Bonchev–Trinajstić information content (AvgIpc) is 3.00. The highest BCUT2D eigenvalue weighted by Gasteiger charge is 2.20. The van der Waals surface area contributed by atoms with Gasteiger partial charge in [-0.15, -0.1) is 11.3 Å². The molecule has 1 amide bonds. The second-order valence-electron chi connectivity index (χ2n) is 5.11. The molecule has 2 aromatic rings. The molecule has 2 rings (SSSR count). The lowest BCUT2D eigenvalue weighted by atomic mass is 10.2. The van der Waals surface area contributed by atoms with Gasteiger partial charge in [0.05, 0.1) is 11.4 Å². The van der Waals surface area contributed by atoms with Gasteiger partial charge in [-0.25, -0.2) is 9.37 Å². The summed E-state index contributed by atoms with van der Waals surface area (Å²) in [6, 6.07) is 6.09. The van der Waals surface area contributed by atoms with Gasteiger partial charge in [0.25, 0.3) is 0 Å². The van der Waals surface area contributed by atoms with Crippen LogP contribution in [0.4, 0.5) is 4.39 Å². The van der Waals surface area contributed by atoms with Gasteiger partial charge < -0.3 is 5.32 Å². The fourth-order valence-electron chi connectivity index (χ4n) is 1.88. The summed E-state index contributed by atoms with van der Waals surface area (Å²) in [7, 11) is -1.32. The molecule has 0 aliphatic heterocycles. The molecule has 23 heavy (non-hydrogen) atoms. The van der Waals surface area contributed by atoms with Gasteiger partial charge in [0.2, 0.25) is 5.91 Å². The Labute approximate surface area is 141 Å². The van der Waals surface area contributed by atoms with Crippen LogP contribution in [0.1, 0.15) is 26.0 Å². The Hall–Kier alpha value is -1.60. The minimum absolute atomic E-state index is 0.195. The predicted octanol–water partition coefficient (Wildman–Crippen LogP) is 3.11. The first-order valence-corrected chi connectivity index (χ1v) is 9.62. The zero-order valence-corrected chi connectivity index (χ0v) is 14.7. The van der Waals surface area contributed by atoms with Crippen LogP contribution in [-0.4, -0.2) is 26.9 Å². The Morgan fingerprint density at radius 3 is 2.74 bits per heavy atom. The number of aromatic nitrogens is 1. The molecule has 124 valence electrons. The molecule has 7 heteroatoms. The van der Waals surface area contributed by atoms with Crippen molar-refractivity contribution in [1.82, 2.24) is 10.3 Å². The van der Waals surface area contributed by atoms with Crippen molar-refractivity contribution >= 4 is 28.0 Å². The zero-order valence-electron chi connectivity index (χ0n) is 13.0. The lowest BCUT2D eigenvalue weighted by Crippen LogP contribution is -2.36. The SMILES string of the molecule is CCCNC(=O)[C@H](C)[S@@](=O)Cc1csc(-c2ccc(F)cc2)n1. The standard InChI is InChI=1S/C16H19FN2O2S2/c1-3-8-18-15(20)11(2)23(21)10-14-9-22-16(19-14)12-4-6-13(17)7-5-12/h4-7,9,11H,3,8,10H2,1-2H3,(H,18,20)/t11-,23-/m0/s1.